The monoisotopic (exact) mass is 293 g/mol. The first-order valence-corrected chi connectivity index (χ1v) is 7.88. The van der Waals surface area contributed by atoms with E-state index in [0.717, 1.165) is 19.3 Å². The Kier molecular flexibility index (Phi) is 3.14. The highest BCUT2D eigenvalue weighted by atomic mass is 16.3. The van der Waals surface area contributed by atoms with Gasteiger partial charge in [0.25, 0.3) is 0 Å². The minimum absolute atomic E-state index is 0.107. The number of aromatic nitrogens is 1. The van der Waals surface area contributed by atoms with Crippen LogP contribution in [0.4, 0.5) is 0 Å². The van der Waals surface area contributed by atoms with Crippen LogP contribution in [0.5, 0.6) is 0 Å². The molecule has 1 aromatic carbocycles. The van der Waals surface area contributed by atoms with E-state index in [2.05, 4.69) is 35.9 Å². The molecular weight excluding hydrogens is 274 g/mol. The Hall–Kier alpha value is -2.29. The van der Waals surface area contributed by atoms with Crippen molar-refractivity contribution in [2.45, 2.75) is 31.6 Å². The third-order valence-electron chi connectivity index (χ3n) is 4.87. The van der Waals surface area contributed by atoms with Gasteiger partial charge >= 0.3 is 0 Å². The van der Waals surface area contributed by atoms with Crippen molar-refractivity contribution in [2.75, 3.05) is 0 Å². The van der Waals surface area contributed by atoms with E-state index in [1.807, 2.05) is 0 Å². The largest absolute Gasteiger partial charge is 0.461 e. The first-order valence-electron chi connectivity index (χ1n) is 7.88. The fourth-order valence-electron chi connectivity index (χ4n) is 3.86. The van der Waals surface area contributed by atoms with Crippen LogP contribution in [0.15, 0.2) is 47.1 Å². The van der Waals surface area contributed by atoms with Crippen molar-refractivity contribution in [1.82, 2.24) is 4.57 Å². The van der Waals surface area contributed by atoms with Gasteiger partial charge in [-0.3, -0.25) is 4.79 Å². The molecule has 1 atom stereocenters. The highest BCUT2D eigenvalue weighted by Crippen LogP contribution is 2.40. The predicted octanol–water partition coefficient (Wildman–Crippen LogP) is 4.46. The average Bonchev–Trinajstić information content (AvgIpc) is 3.17. The second-order valence-corrected chi connectivity index (χ2v) is 6.13. The number of Topliss-reactive ketones (excluding diaryl/α,β-unsaturated/α-hetero) is 1. The molecule has 0 amide bonds. The lowest BCUT2D eigenvalue weighted by Crippen LogP contribution is -2.14. The van der Waals surface area contributed by atoms with Crippen LogP contribution in [0.2, 0.25) is 0 Å². The van der Waals surface area contributed by atoms with Crippen LogP contribution in [0, 0.1) is 0 Å². The molecular formula is C19H19NO2. The molecule has 3 aromatic rings. The number of hydrogen-bond donors (Lipinski definition) is 0. The zero-order valence-electron chi connectivity index (χ0n) is 12.7. The van der Waals surface area contributed by atoms with Crippen LogP contribution in [-0.4, -0.2) is 10.4 Å². The van der Waals surface area contributed by atoms with Crippen molar-refractivity contribution < 1.29 is 9.21 Å². The summed E-state index contributed by atoms with van der Waals surface area (Å²) in [6.07, 6.45) is 5.43. The van der Waals surface area contributed by atoms with Gasteiger partial charge in [-0.05, 0) is 48.9 Å². The fourth-order valence-corrected chi connectivity index (χ4v) is 3.86. The molecule has 112 valence electrons. The Morgan fingerprint density at radius 1 is 1.27 bits per heavy atom. The maximum Gasteiger partial charge on any atom is 0.198 e. The number of benzene rings is 1. The lowest BCUT2D eigenvalue weighted by molar-refractivity contribution is 0.0944. The standard InChI is InChI=1S/C19H19NO2/c1-20-15-8-3-2-7-14(15)19-13(6-4-9-16(19)20)12-17(21)18-10-5-11-22-18/h2-3,5,7-8,10-11,13H,4,6,9,12H2,1H3. The summed E-state index contributed by atoms with van der Waals surface area (Å²) in [5, 5.41) is 1.30. The Morgan fingerprint density at radius 3 is 2.95 bits per heavy atom. The van der Waals surface area contributed by atoms with E-state index in [4.69, 9.17) is 4.42 Å². The molecule has 0 fully saturated rings. The van der Waals surface area contributed by atoms with Gasteiger partial charge in [0.2, 0.25) is 0 Å². The van der Waals surface area contributed by atoms with E-state index in [1.165, 1.54) is 22.2 Å². The van der Waals surface area contributed by atoms with Crippen LogP contribution >= 0.6 is 0 Å². The molecule has 0 spiro atoms. The van der Waals surface area contributed by atoms with Gasteiger partial charge < -0.3 is 8.98 Å². The van der Waals surface area contributed by atoms with Gasteiger partial charge in [-0.15, -0.1) is 0 Å². The van der Waals surface area contributed by atoms with Gasteiger partial charge in [-0.2, -0.15) is 0 Å². The fraction of sp³-hybridized carbons (Fsp3) is 0.316. The maximum atomic E-state index is 12.4. The summed E-state index contributed by atoms with van der Waals surface area (Å²) in [5.74, 6) is 0.885. The number of carbonyl (C=O) groups excluding carboxylic acids is 1. The van der Waals surface area contributed by atoms with Crippen molar-refractivity contribution in [2.24, 2.45) is 7.05 Å². The number of nitrogens with zero attached hydrogens (tertiary/aromatic N) is 1. The maximum absolute atomic E-state index is 12.4. The third kappa shape index (κ3) is 2.00. The van der Waals surface area contributed by atoms with E-state index in [-0.39, 0.29) is 5.78 Å². The Balaban J connectivity index is 1.76. The second kappa shape index (κ2) is 5.16. The van der Waals surface area contributed by atoms with Crippen molar-refractivity contribution >= 4 is 16.7 Å². The molecule has 2 heterocycles. The minimum Gasteiger partial charge on any atom is -0.461 e. The minimum atomic E-state index is 0.107. The molecule has 22 heavy (non-hydrogen) atoms. The van der Waals surface area contributed by atoms with Gasteiger partial charge in [0.05, 0.1) is 6.26 Å². The lowest BCUT2D eigenvalue weighted by atomic mass is 9.82. The SMILES string of the molecule is Cn1c2c(c3ccccc31)C(CC(=O)c1ccco1)CCC2. The third-order valence-corrected chi connectivity index (χ3v) is 4.87. The topological polar surface area (TPSA) is 35.1 Å². The number of fused-ring (bicyclic) bond motifs is 3. The van der Waals surface area contributed by atoms with Crippen molar-refractivity contribution in [3.8, 4) is 0 Å². The van der Waals surface area contributed by atoms with Gasteiger partial charge in [-0.25, -0.2) is 0 Å². The van der Waals surface area contributed by atoms with Gasteiger partial charge in [0.15, 0.2) is 11.5 Å². The van der Waals surface area contributed by atoms with Crippen LogP contribution in [0.3, 0.4) is 0 Å². The molecule has 3 nitrogen and oxygen atoms in total. The number of furan rings is 1. The smallest absolute Gasteiger partial charge is 0.198 e. The summed E-state index contributed by atoms with van der Waals surface area (Å²) in [5.41, 5.74) is 4.04. The highest BCUT2D eigenvalue weighted by molar-refractivity contribution is 5.95. The zero-order valence-corrected chi connectivity index (χ0v) is 12.7. The number of carbonyl (C=O) groups is 1. The highest BCUT2D eigenvalue weighted by Gasteiger charge is 2.28. The quantitative estimate of drug-likeness (QED) is 0.668. The van der Waals surface area contributed by atoms with Crippen molar-refractivity contribution in [1.29, 1.82) is 0 Å². The van der Waals surface area contributed by atoms with Crippen LogP contribution in [0.25, 0.3) is 10.9 Å². The number of para-hydroxylation sites is 1. The summed E-state index contributed by atoms with van der Waals surface area (Å²) in [7, 11) is 2.14. The number of rotatable bonds is 3. The van der Waals surface area contributed by atoms with E-state index in [9.17, 15) is 4.79 Å². The molecule has 0 bridgehead atoms. The van der Waals surface area contributed by atoms with Gasteiger partial charge in [0.1, 0.15) is 0 Å². The van der Waals surface area contributed by atoms with Crippen molar-refractivity contribution in [3.63, 3.8) is 0 Å². The van der Waals surface area contributed by atoms with Gasteiger partial charge in [-0.1, -0.05) is 18.2 Å². The summed E-state index contributed by atoms with van der Waals surface area (Å²) < 4.78 is 7.56. The van der Waals surface area contributed by atoms with Crippen LogP contribution in [0.1, 0.15) is 47.0 Å². The van der Waals surface area contributed by atoms with Gasteiger partial charge in [0, 0.05) is 30.1 Å². The molecule has 3 heteroatoms. The second-order valence-electron chi connectivity index (χ2n) is 6.13. The predicted molar refractivity (Wildman–Crippen MR) is 86.3 cm³/mol. The summed E-state index contributed by atoms with van der Waals surface area (Å²) >= 11 is 0. The lowest BCUT2D eigenvalue weighted by Gasteiger charge is -2.23. The summed E-state index contributed by atoms with van der Waals surface area (Å²) in [6.45, 7) is 0. The summed E-state index contributed by atoms with van der Waals surface area (Å²) in [4.78, 5) is 12.4. The number of aryl methyl sites for hydroxylation is 1. The van der Waals surface area contributed by atoms with Crippen LogP contribution in [-0.2, 0) is 13.5 Å². The normalized spacial score (nSPS) is 17.6. The van der Waals surface area contributed by atoms with Crippen molar-refractivity contribution in [3.05, 3.63) is 59.7 Å². The Labute approximate surface area is 129 Å². The Bertz CT molecular complexity index is 827. The molecule has 2 aromatic heterocycles. The Morgan fingerprint density at radius 2 is 2.14 bits per heavy atom. The van der Waals surface area contributed by atoms with E-state index in [1.54, 1.807) is 18.4 Å². The molecule has 0 N–H and O–H groups in total. The molecule has 1 aliphatic rings. The zero-order chi connectivity index (χ0) is 15.1. The molecule has 0 saturated carbocycles. The first kappa shape index (κ1) is 13.4. The number of hydrogen-bond acceptors (Lipinski definition) is 2. The molecule has 1 aliphatic carbocycles. The summed E-state index contributed by atoms with van der Waals surface area (Å²) in [6, 6.07) is 12.1. The molecule has 0 radical (unpaired) electrons. The molecule has 0 saturated heterocycles. The molecule has 0 aliphatic heterocycles. The first-order chi connectivity index (χ1) is 10.8. The molecule has 1 unspecified atom stereocenters. The molecule has 4 rings (SSSR count). The number of ketones is 1. The van der Waals surface area contributed by atoms with E-state index < -0.39 is 0 Å². The van der Waals surface area contributed by atoms with E-state index in [0.29, 0.717) is 18.1 Å². The van der Waals surface area contributed by atoms with Crippen LogP contribution < -0.4 is 0 Å². The van der Waals surface area contributed by atoms with E-state index >= 15 is 0 Å². The average molecular weight is 293 g/mol.